The van der Waals surface area contributed by atoms with Crippen molar-refractivity contribution in [2.75, 3.05) is 11.9 Å². The number of aromatic nitrogens is 2. The fourth-order valence-corrected chi connectivity index (χ4v) is 1.59. The molecule has 0 atom stereocenters. The fourth-order valence-electron chi connectivity index (χ4n) is 1.59. The minimum Gasteiger partial charge on any atom is -0.395 e. The maximum absolute atomic E-state index is 13.3. The van der Waals surface area contributed by atoms with Crippen molar-refractivity contribution in [2.45, 2.75) is 6.42 Å². The van der Waals surface area contributed by atoms with Crippen LogP contribution in [0, 0.1) is 17.7 Å². The number of rotatable bonds is 3. The van der Waals surface area contributed by atoms with Crippen molar-refractivity contribution in [3.05, 3.63) is 53.9 Å². The van der Waals surface area contributed by atoms with E-state index in [4.69, 9.17) is 5.11 Å². The second-order valence-corrected chi connectivity index (χ2v) is 4.05. The maximum atomic E-state index is 13.3. The van der Waals surface area contributed by atoms with Crippen LogP contribution >= 0.6 is 0 Å². The van der Waals surface area contributed by atoms with E-state index in [-0.39, 0.29) is 18.6 Å². The van der Waals surface area contributed by atoms with E-state index < -0.39 is 11.7 Å². The molecule has 2 N–H and O–H groups in total. The zero-order valence-electron chi connectivity index (χ0n) is 11.0. The molecule has 5 nitrogen and oxygen atoms in total. The number of amides is 1. The second kappa shape index (κ2) is 7.12. The van der Waals surface area contributed by atoms with Crippen molar-refractivity contribution in [3.8, 4) is 11.8 Å². The largest absolute Gasteiger partial charge is 0.395 e. The molecular weight excluding hydrogens is 273 g/mol. The molecule has 1 aromatic carbocycles. The Hall–Kier alpha value is -2.78. The molecule has 106 valence electrons. The van der Waals surface area contributed by atoms with Gasteiger partial charge in [-0.2, -0.15) is 0 Å². The zero-order valence-corrected chi connectivity index (χ0v) is 11.0. The Morgan fingerprint density at radius 2 is 2.10 bits per heavy atom. The summed E-state index contributed by atoms with van der Waals surface area (Å²) in [5.74, 6) is 4.41. The SMILES string of the molecule is O=C(Nc1cncnc1)c1cc(F)ccc1C#CCCO. The lowest BCUT2D eigenvalue weighted by molar-refractivity contribution is 0.102. The molecule has 0 bridgehead atoms. The number of nitrogens with zero attached hydrogens (tertiary/aromatic N) is 2. The van der Waals surface area contributed by atoms with E-state index in [2.05, 4.69) is 27.1 Å². The summed E-state index contributed by atoms with van der Waals surface area (Å²) in [5.41, 5.74) is 0.907. The molecule has 0 fully saturated rings. The molecule has 6 heteroatoms. The van der Waals surface area contributed by atoms with Crippen molar-refractivity contribution in [1.29, 1.82) is 0 Å². The standard InChI is InChI=1S/C15H12FN3O2/c16-12-5-4-11(3-1-2-6-20)14(7-12)15(21)19-13-8-17-10-18-9-13/h4-5,7-10,20H,2,6H2,(H,19,21). The molecule has 0 aliphatic carbocycles. The molecule has 0 unspecified atom stereocenters. The van der Waals surface area contributed by atoms with Gasteiger partial charge in [0.05, 0.1) is 30.3 Å². The molecule has 1 amide bonds. The average Bonchev–Trinajstić information content (AvgIpc) is 2.50. The van der Waals surface area contributed by atoms with Crippen molar-refractivity contribution in [2.24, 2.45) is 0 Å². The van der Waals surface area contributed by atoms with Crippen molar-refractivity contribution in [1.82, 2.24) is 9.97 Å². The van der Waals surface area contributed by atoms with Crippen LogP contribution in [0.2, 0.25) is 0 Å². The van der Waals surface area contributed by atoms with Crippen LogP contribution in [-0.4, -0.2) is 27.6 Å². The Labute approximate surface area is 120 Å². The highest BCUT2D eigenvalue weighted by atomic mass is 19.1. The number of nitrogens with one attached hydrogen (secondary N) is 1. The predicted octanol–water partition coefficient (Wildman–Crippen LogP) is 1.60. The van der Waals surface area contributed by atoms with E-state index in [1.165, 1.54) is 30.9 Å². The third-order valence-electron chi connectivity index (χ3n) is 2.50. The second-order valence-electron chi connectivity index (χ2n) is 4.05. The number of carbonyl (C=O) groups excluding carboxylic acids is 1. The minimum atomic E-state index is -0.530. The Kier molecular flexibility index (Phi) is 4.96. The number of aliphatic hydroxyl groups excluding tert-OH is 1. The van der Waals surface area contributed by atoms with Gasteiger partial charge < -0.3 is 10.4 Å². The summed E-state index contributed by atoms with van der Waals surface area (Å²) in [5, 5.41) is 11.3. The topological polar surface area (TPSA) is 75.1 Å². The van der Waals surface area contributed by atoms with Crippen LogP contribution in [0.15, 0.2) is 36.9 Å². The normalized spacial score (nSPS) is 9.62. The lowest BCUT2D eigenvalue weighted by Crippen LogP contribution is -2.14. The third kappa shape index (κ3) is 4.09. The van der Waals surface area contributed by atoms with E-state index in [1.54, 1.807) is 0 Å². The van der Waals surface area contributed by atoms with Gasteiger partial charge in [-0.25, -0.2) is 14.4 Å². The predicted molar refractivity (Wildman–Crippen MR) is 75.0 cm³/mol. The molecule has 0 aliphatic rings. The number of aliphatic hydroxyl groups is 1. The van der Waals surface area contributed by atoms with Crippen LogP contribution in [0.5, 0.6) is 0 Å². The highest BCUT2D eigenvalue weighted by molar-refractivity contribution is 6.05. The van der Waals surface area contributed by atoms with Gasteiger partial charge in [-0.3, -0.25) is 4.79 Å². The molecule has 1 heterocycles. The number of carbonyl (C=O) groups is 1. The van der Waals surface area contributed by atoms with E-state index in [9.17, 15) is 9.18 Å². The van der Waals surface area contributed by atoms with Crippen LogP contribution in [0.25, 0.3) is 0 Å². The number of hydrogen-bond acceptors (Lipinski definition) is 4. The summed E-state index contributed by atoms with van der Waals surface area (Å²) < 4.78 is 13.3. The first-order valence-corrected chi connectivity index (χ1v) is 6.16. The lowest BCUT2D eigenvalue weighted by atomic mass is 10.1. The quantitative estimate of drug-likeness (QED) is 0.840. The summed E-state index contributed by atoms with van der Waals surface area (Å²) in [6.07, 6.45) is 4.48. The van der Waals surface area contributed by atoms with E-state index in [0.717, 1.165) is 6.07 Å². The molecule has 0 spiro atoms. The van der Waals surface area contributed by atoms with Gasteiger partial charge >= 0.3 is 0 Å². The van der Waals surface area contributed by atoms with Crippen molar-refractivity contribution >= 4 is 11.6 Å². The smallest absolute Gasteiger partial charge is 0.257 e. The molecule has 2 aromatic rings. The Balaban J connectivity index is 2.27. The molecule has 0 saturated carbocycles. The Morgan fingerprint density at radius 3 is 2.81 bits per heavy atom. The third-order valence-corrected chi connectivity index (χ3v) is 2.50. The minimum absolute atomic E-state index is 0.0723. The summed E-state index contributed by atoms with van der Waals surface area (Å²) >= 11 is 0. The zero-order chi connectivity index (χ0) is 15.1. The number of benzene rings is 1. The van der Waals surface area contributed by atoms with E-state index in [0.29, 0.717) is 11.3 Å². The van der Waals surface area contributed by atoms with Gasteiger partial charge in [0.15, 0.2) is 0 Å². The monoisotopic (exact) mass is 285 g/mol. The molecule has 0 saturated heterocycles. The van der Waals surface area contributed by atoms with Gasteiger partial charge in [-0.05, 0) is 18.2 Å². The van der Waals surface area contributed by atoms with Crippen molar-refractivity contribution in [3.63, 3.8) is 0 Å². The highest BCUT2D eigenvalue weighted by Gasteiger charge is 2.12. The van der Waals surface area contributed by atoms with E-state index in [1.807, 2.05) is 0 Å². The molecule has 2 rings (SSSR count). The average molecular weight is 285 g/mol. The van der Waals surface area contributed by atoms with Gasteiger partial charge in [0.25, 0.3) is 5.91 Å². The number of hydrogen-bond donors (Lipinski definition) is 2. The lowest BCUT2D eigenvalue weighted by Gasteiger charge is -2.06. The van der Waals surface area contributed by atoms with Crippen LogP contribution in [-0.2, 0) is 0 Å². The van der Waals surface area contributed by atoms with Gasteiger partial charge in [-0.15, -0.1) is 0 Å². The van der Waals surface area contributed by atoms with Gasteiger partial charge in [0, 0.05) is 12.0 Å². The molecule has 0 aliphatic heterocycles. The molecule has 1 aromatic heterocycles. The maximum Gasteiger partial charge on any atom is 0.257 e. The molecule has 21 heavy (non-hydrogen) atoms. The van der Waals surface area contributed by atoms with Crippen LogP contribution in [0.3, 0.4) is 0 Å². The number of halogens is 1. The van der Waals surface area contributed by atoms with Gasteiger partial charge in [0.2, 0.25) is 0 Å². The van der Waals surface area contributed by atoms with Crippen LogP contribution in [0.1, 0.15) is 22.3 Å². The van der Waals surface area contributed by atoms with Gasteiger partial charge in [0.1, 0.15) is 12.1 Å². The summed E-state index contributed by atoms with van der Waals surface area (Å²) in [4.78, 5) is 19.7. The first-order valence-electron chi connectivity index (χ1n) is 6.16. The summed E-state index contributed by atoms with van der Waals surface area (Å²) in [6.45, 7) is -0.0723. The molecule has 0 radical (unpaired) electrons. The van der Waals surface area contributed by atoms with Crippen LogP contribution < -0.4 is 5.32 Å². The molecular formula is C15H12FN3O2. The van der Waals surface area contributed by atoms with Crippen LogP contribution in [0.4, 0.5) is 10.1 Å². The Morgan fingerprint density at radius 1 is 1.33 bits per heavy atom. The van der Waals surface area contributed by atoms with Crippen molar-refractivity contribution < 1.29 is 14.3 Å². The highest BCUT2D eigenvalue weighted by Crippen LogP contribution is 2.13. The van der Waals surface area contributed by atoms with E-state index >= 15 is 0 Å². The summed E-state index contributed by atoms with van der Waals surface area (Å²) in [6, 6.07) is 3.77. The Bertz CT molecular complexity index is 693. The van der Waals surface area contributed by atoms with Gasteiger partial charge in [-0.1, -0.05) is 11.8 Å². The first kappa shape index (κ1) is 14.6. The number of anilines is 1. The fraction of sp³-hybridized carbons (Fsp3) is 0.133. The first-order chi connectivity index (χ1) is 10.2. The summed E-state index contributed by atoms with van der Waals surface area (Å²) in [7, 11) is 0.